The van der Waals surface area contributed by atoms with Gasteiger partial charge in [-0.2, -0.15) is 0 Å². The average molecular weight is 229 g/mol. The molecule has 1 nitrogen and oxygen atoms in total. The summed E-state index contributed by atoms with van der Waals surface area (Å²) in [6.45, 7) is 4.33. The highest BCUT2D eigenvalue weighted by atomic mass is 19.1. The standard InChI is InChI=1S/C15H16FN/c1-11(13-5-7-15(16)8-6-13)12(2)14-4-3-9-17-10-14/h3-12H,1-2H3/t11-,12+/m0/s1. The van der Waals surface area contributed by atoms with Crippen LogP contribution in [0.4, 0.5) is 4.39 Å². The Kier molecular flexibility index (Phi) is 3.52. The van der Waals surface area contributed by atoms with Crippen molar-refractivity contribution < 1.29 is 4.39 Å². The Bertz CT molecular complexity index is 464. The molecule has 1 aromatic carbocycles. The molecule has 0 fully saturated rings. The van der Waals surface area contributed by atoms with Gasteiger partial charge in [0, 0.05) is 12.4 Å². The van der Waals surface area contributed by atoms with Gasteiger partial charge < -0.3 is 0 Å². The molecule has 0 spiro atoms. The van der Waals surface area contributed by atoms with Crippen LogP contribution in [0.5, 0.6) is 0 Å². The van der Waals surface area contributed by atoms with Crippen LogP contribution in [-0.4, -0.2) is 4.98 Å². The summed E-state index contributed by atoms with van der Waals surface area (Å²) in [7, 11) is 0. The maximum Gasteiger partial charge on any atom is 0.123 e. The molecule has 0 radical (unpaired) electrons. The first-order valence-electron chi connectivity index (χ1n) is 5.84. The second-order valence-corrected chi connectivity index (χ2v) is 4.42. The lowest BCUT2D eigenvalue weighted by atomic mass is 9.85. The molecule has 0 aliphatic rings. The van der Waals surface area contributed by atoms with E-state index in [0.717, 1.165) is 5.56 Å². The number of benzene rings is 1. The van der Waals surface area contributed by atoms with Gasteiger partial charge in [0.05, 0.1) is 0 Å². The van der Waals surface area contributed by atoms with E-state index in [-0.39, 0.29) is 5.82 Å². The maximum atomic E-state index is 12.9. The third-order valence-corrected chi connectivity index (χ3v) is 3.36. The van der Waals surface area contributed by atoms with Crippen LogP contribution in [0.3, 0.4) is 0 Å². The number of rotatable bonds is 3. The van der Waals surface area contributed by atoms with Crippen molar-refractivity contribution in [2.75, 3.05) is 0 Å². The van der Waals surface area contributed by atoms with E-state index < -0.39 is 0 Å². The van der Waals surface area contributed by atoms with E-state index in [1.54, 1.807) is 6.20 Å². The van der Waals surface area contributed by atoms with Crippen LogP contribution in [0, 0.1) is 5.82 Å². The van der Waals surface area contributed by atoms with E-state index in [0.29, 0.717) is 11.8 Å². The van der Waals surface area contributed by atoms with Crippen LogP contribution in [0.2, 0.25) is 0 Å². The van der Waals surface area contributed by atoms with Crippen molar-refractivity contribution >= 4 is 0 Å². The molecule has 17 heavy (non-hydrogen) atoms. The van der Waals surface area contributed by atoms with Gasteiger partial charge >= 0.3 is 0 Å². The summed E-state index contributed by atoms with van der Waals surface area (Å²) in [5.41, 5.74) is 2.37. The fourth-order valence-corrected chi connectivity index (χ4v) is 1.99. The third kappa shape index (κ3) is 2.70. The third-order valence-electron chi connectivity index (χ3n) is 3.36. The molecule has 2 aromatic rings. The van der Waals surface area contributed by atoms with Crippen molar-refractivity contribution in [1.29, 1.82) is 0 Å². The van der Waals surface area contributed by atoms with Gasteiger partial charge in [0.15, 0.2) is 0 Å². The van der Waals surface area contributed by atoms with Crippen molar-refractivity contribution in [2.45, 2.75) is 25.7 Å². The zero-order valence-electron chi connectivity index (χ0n) is 10.1. The van der Waals surface area contributed by atoms with Gasteiger partial charge in [-0.1, -0.05) is 32.0 Å². The molecule has 0 saturated carbocycles. The Hall–Kier alpha value is -1.70. The first-order valence-corrected chi connectivity index (χ1v) is 5.84. The average Bonchev–Trinajstić information content (AvgIpc) is 2.39. The van der Waals surface area contributed by atoms with Crippen molar-refractivity contribution in [2.24, 2.45) is 0 Å². The van der Waals surface area contributed by atoms with Crippen molar-refractivity contribution in [1.82, 2.24) is 4.98 Å². The largest absolute Gasteiger partial charge is 0.264 e. The normalized spacial score (nSPS) is 14.3. The van der Waals surface area contributed by atoms with Crippen molar-refractivity contribution in [3.05, 3.63) is 65.7 Å². The van der Waals surface area contributed by atoms with E-state index >= 15 is 0 Å². The van der Waals surface area contributed by atoms with Gasteiger partial charge in [-0.05, 0) is 41.2 Å². The van der Waals surface area contributed by atoms with Gasteiger partial charge in [-0.25, -0.2) is 4.39 Å². The zero-order chi connectivity index (χ0) is 12.3. The van der Waals surface area contributed by atoms with Crippen LogP contribution in [-0.2, 0) is 0 Å². The monoisotopic (exact) mass is 229 g/mol. The lowest BCUT2D eigenvalue weighted by molar-refractivity contribution is 0.608. The number of nitrogens with zero attached hydrogens (tertiary/aromatic N) is 1. The Morgan fingerprint density at radius 2 is 1.59 bits per heavy atom. The fraction of sp³-hybridized carbons (Fsp3) is 0.267. The highest BCUT2D eigenvalue weighted by molar-refractivity contribution is 5.26. The predicted molar refractivity (Wildman–Crippen MR) is 67.5 cm³/mol. The highest BCUT2D eigenvalue weighted by Crippen LogP contribution is 2.31. The van der Waals surface area contributed by atoms with Crippen molar-refractivity contribution in [3.63, 3.8) is 0 Å². The molecular weight excluding hydrogens is 213 g/mol. The number of hydrogen-bond donors (Lipinski definition) is 0. The molecule has 0 aliphatic carbocycles. The summed E-state index contributed by atoms with van der Waals surface area (Å²) in [5, 5.41) is 0. The Balaban J connectivity index is 2.20. The molecule has 0 saturated heterocycles. The van der Waals surface area contributed by atoms with Crippen LogP contribution < -0.4 is 0 Å². The lowest BCUT2D eigenvalue weighted by Gasteiger charge is -2.20. The van der Waals surface area contributed by atoms with E-state index in [9.17, 15) is 4.39 Å². The van der Waals surface area contributed by atoms with E-state index in [1.165, 1.54) is 17.7 Å². The Labute approximate surface area is 101 Å². The van der Waals surface area contributed by atoms with E-state index in [2.05, 4.69) is 24.9 Å². The minimum atomic E-state index is -0.185. The molecule has 0 N–H and O–H groups in total. The Morgan fingerprint density at radius 1 is 0.941 bits per heavy atom. The molecule has 2 rings (SSSR count). The fourth-order valence-electron chi connectivity index (χ4n) is 1.99. The van der Waals surface area contributed by atoms with E-state index in [1.807, 2.05) is 24.4 Å². The van der Waals surface area contributed by atoms with Gasteiger partial charge in [-0.15, -0.1) is 0 Å². The number of pyridine rings is 1. The molecule has 0 unspecified atom stereocenters. The van der Waals surface area contributed by atoms with Crippen LogP contribution >= 0.6 is 0 Å². The molecule has 1 aromatic heterocycles. The zero-order valence-corrected chi connectivity index (χ0v) is 10.1. The second kappa shape index (κ2) is 5.09. The van der Waals surface area contributed by atoms with Crippen molar-refractivity contribution in [3.8, 4) is 0 Å². The first kappa shape index (κ1) is 11.8. The summed E-state index contributed by atoms with van der Waals surface area (Å²) < 4.78 is 12.9. The molecule has 0 aliphatic heterocycles. The van der Waals surface area contributed by atoms with E-state index in [4.69, 9.17) is 0 Å². The van der Waals surface area contributed by atoms with Crippen LogP contribution in [0.25, 0.3) is 0 Å². The van der Waals surface area contributed by atoms with Gasteiger partial charge in [0.25, 0.3) is 0 Å². The minimum absolute atomic E-state index is 0.185. The number of aromatic nitrogens is 1. The first-order chi connectivity index (χ1) is 8.18. The van der Waals surface area contributed by atoms with Crippen LogP contribution in [0.15, 0.2) is 48.8 Å². The Morgan fingerprint density at radius 3 is 2.18 bits per heavy atom. The molecule has 88 valence electrons. The maximum absolute atomic E-state index is 12.9. The SMILES string of the molecule is C[C@H](c1ccc(F)cc1)[C@@H](C)c1cccnc1. The quantitative estimate of drug-likeness (QED) is 0.771. The van der Waals surface area contributed by atoms with Gasteiger partial charge in [0.2, 0.25) is 0 Å². The number of hydrogen-bond acceptors (Lipinski definition) is 1. The molecule has 2 atom stereocenters. The summed E-state index contributed by atoms with van der Waals surface area (Å²) in [4.78, 5) is 4.14. The smallest absolute Gasteiger partial charge is 0.123 e. The molecule has 1 heterocycles. The second-order valence-electron chi connectivity index (χ2n) is 4.42. The number of halogens is 1. The topological polar surface area (TPSA) is 12.9 Å². The highest BCUT2D eigenvalue weighted by Gasteiger charge is 2.16. The summed E-state index contributed by atoms with van der Waals surface area (Å²) in [6.07, 6.45) is 3.67. The minimum Gasteiger partial charge on any atom is -0.264 e. The summed E-state index contributed by atoms with van der Waals surface area (Å²) in [6, 6.07) is 10.8. The molecule has 0 bridgehead atoms. The summed E-state index contributed by atoms with van der Waals surface area (Å²) in [5.74, 6) is 0.531. The van der Waals surface area contributed by atoms with Gasteiger partial charge in [0.1, 0.15) is 5.82 Å². The predicted octanol–water partition coefficient (Wildman–Crippen LogP) is 4.13. The van der Waals surface area contributed by atoms with Gasteiger partial charge in [-0.3, -0.25) is 4.98 Å². The lowest BCUT2D eigenvalue weighted by Crippen LogP contribution is -2.05. The molecule has 2 heteroatoms. The summed E-state index contributed by atoms with van der Waals surface area (Å²) >= 11 is 0. The van der Waals surface area contributed by atoms with Crippen LogP contribution in [0.1, 0.15) is 36.8 Å². The molecule has 0 amide bonds. The molecular formula is C15H16FN.